The molecule has 2 fully saturated rings. The van der Waals surface area contributed by atoms with E-state index in [1.807, 2.05) is 29.2 Å². The summed E-state index contributed by atoms with van der Waals surface area (Å²) in [5.74, 6) is 0.487. The van der Waals surface area contributed by atoms with Crippen molar-refractivity contribution in [2.75, 3.05) is 20.2 Å². The number of carbonyl (C=O) groups is 2. The Morgan fingerprint density at radius 2 is 2.07 bits per heavy atom. The molecule has 0 aliphatic carbocycles. The predicted molar refractivity (Wildman–Crippen MR) is 109 cm³/mol. The number of piperidine rings is 1. The minimum Gasteiger partial charge on any atom is -0.497 e. The number of nitrogens with zero attached hydrogens (tertiary/aromatic N) is 1. The first kappa shape index (κ1) is 20.6. The second kappa shape index (κ2) is 9.41. The van der Waals surface area contributed by atoms with E-state index < -0.39 is 0 Å². The fourth-order valence-electron chi connectivity index (χ4n) is 4.36. The van der Waals surface area contributed by atoms with Crippen LogP contribution in [-0.2, 0) is 9.59 Å². The number of ether oxygens (including phenoxy) is 1. The molecule has 2 aliphatic rings. The van der Waals surface area contributed by atoms with Gasteiger partial charge in [0.05, 0.1) is 19.1 Å². The smallest absolute Gasteiger partial charge is 0.226 e. The van der Waals surface area contributed by atoms with Gasteiger partial charge in [-0.05, 0) is 50.4 Å². The van der Waals surface area contributed by atoms with Gasteiger partial charge in [0.1, 0.15) is 5.75 Å². The van der Waals surface area contributed by atoms with Gasteiger partial charge in [-0.2, -0.15) is 0 Å². The Hall–Kier alpha value is -2.08. The second-order valence-electron chi connectivity index (χ2n) is 7.97. The highest BCUT2D eigenvalue weighted by atomic mass is 16.5. The molecule has 1 aromatic rings. The molecule has 0 aromatic heterocycles. The highest BCUT2D eigenvalue weighted by Crippen LogP contribution is 2.39. The SMILES string of the molecule is CCCCN1C(=O)CC(C(=O)NC2CCCNC2C)C1c1ccc(OC)cc1. The zero-order valence-electron chi connectivity index (χ0n) is 17.2. The fraction of sp³-hybridized carbons (Fsp3) is 0.636. The van der Waals surface area contributed by atoms with Crippen LogP contribution >= 0.6 is 0 Å². The summed E-state index contributed by atoms with van der Waals surface area (Å²) in [5, 5.41) is 6.65. The van der Waals surface area contributed by atoms with Gasteiger partial charge in [-0.15, -0.1) is 0 Å². The molecule has 2 amide bonds. The van der Waals surface area contributed by atoms with Gasteiger partial charge in [-0.25, -0.2) is 0 Å². The molecule has 0 saturated carbocycles. The third-order valence-corrected chi connectivity index (χ3v) is 6.07. The number of hydrogen-bond donors (Lipinski definition) is 2. The van der Waals surface area contributed by atoms with Gasteiger partial charge in [0, 0.05) is 25.0 Å². The zero-order chi connectivity index (χ0) is 20.1. The highest BCUT2D eigenvalue weighted by molar-refractivity contribution is 5.90. The maximum Gasteiger partial charge on any atom is 0.226 e. The summed E-state index contributed by atoms with van der Waals surface area (Å²) < 4.78 is 5.26. The number of nitrogens with one attached hydrogen (secondary N) is 2. The lowest BCUT2D eigenvalue weighted by atomic mass is 9.91. The molecule has 1 aromatic carbocycles. The van der Waals surface area contributed by atoms with E-state index in [0.29, 0.717) is 6.54 Å². The molecule has 0 bridgehead atoms. The number of methoxy groups -OCH3 is 1. The lowest BCUT2D eigenvalue weighted by molar-refractivity contribution is -0.129. The van der Waals surface area contributed by atoms with Gasteiger partial charge in [-0.1, -0.05) is 25.5 Å². The van der Waals surface area contributed by atoms with Gasteiger partial charge < -0.3 is 20.3 Å². The van der Waals surface area contributed by atoms with Crippen molar-refractivity contribution in [1.29, 1.82) is 0 Å². The van der Waals surface area contributed by atoms with Gasteiger partial charge in [-0.3, -0.25) is 9.59 Å². The Bertz CT molecular complexity index is 676. The second-order valence-corrected chi connectivity index (χ2v) is 7.97. The van der Waals surface area contributed by atoms with Crippen molar-refractivity contribution < 1.29 is 14.3 Å². The van der Waals surface area contributed by atoms with Crippen molar-refractivity contribution in [3.05, 3.63) is 29.8 Å². The lowest BCUT2D eigenvalue weighted by Gasteiger charge is -2.33. The molecule has 4 atom stereocenters. The molecule has 4 unspecified atom stereocenters. The lowest BCUT2D eigenvalue weighted by Crippen LogP contribution is -2.53. The summed E-state index contributed by atoms with van der Waals surface area (Å²) in [4.78, 5) is 27.9. The minimum atomic E-state index is -0.355. The van der Waals surface area contributed by atoms with Crippen LogP contribution in [0.5, 0.6) is 5.75 Å². The van der Waals surface area contributed by atoms with E-state index in [2.05, 4.69) is 24.5 Å². The Morgan fingerprint density at radius 1 is 1.32 bits per heavy atom. The van der Waals surface area contributed by atoms with Crippen molar-refractivity contribution in [1.82, 2.24) is 15.5 Å². The molecule has 2 saturated heterocycles. The monoisotopic (exact) mass is 387 g/mol. The molecule has 28 heavy (non-hydrogen) atoms. The van der Waals surface area contributed by atoms with E-state index in [4.69, 9.17) is 4.74 Å². The standard InChI is InChI=1S/C22H33N3O3/c1-4-5-13-25-20(26)14-18(21(25)16-8-10-17(28-3)11-9-16)22(27)24-19-7-6-12-23-15(19)2/h8-11,15,18-19,21,23H,4-7,12-14H2,1-3H3,(H,24,27). The number of likely N-dealkylation sites (tertiary alicyclic amines) is 1. The molecular formula is C22H33N3O3. The van der Waals surface area contributed by atoms with E-state index in [9.17, 15) is 9.59 Å². The molecule has 2 aliphatic heterocycles. The average molecular weight is 388 g/mol. The Morgan fingerprint density at radius 3 is 2.71 bits per heavy atom. The molecule has 2 heterocycles. The summed E-state index contributed by atoms with van der Waals surface area (Å²) in [7, 11) is 1.64. The maximum atomic E-state index is 13.2. The zero-order valence-corrected chi connectivity index (χ0v) is 17.2. The van der Waals surface area contributed by atoms with Crippen LogP contribution in [0, 0.1) is 5.92 Å². The normalized spacial score (nSPS) is 27.7. The van der Waals surface area contributed by atoms with Gasteiger partial charge in [0.25, 0.3) is 0 Å². The number of unbranched alkanes of at least 4 members (excludes halogenated alkanes) is 1. The fourth-order valence-corrected chi connectivity index (χ4v) is 4.36. The molecule has 0 spiro atoms. The number of carbonyl (C=O) groups excluding carboxylic acids is 2. The maximum absolute atomic E-state index is 13.2. The Balaban J connectivity index is 1.81. The highest BCUT2D eigenvalue weighted by Gasteiger charge is 2.44. The molecule has 6 nitrogen and oxygen atoms in total. The number of benzene rings is 1. The quantitative estimate of drug-likeness (QED) is 0.755. The first-order valence-corrected chi connectivity index (χ1v) is 10.5. The van der Waals surface area contributed by atoms with Gasteiger partial charge >= 0.3 is 0 Å². The van der Waals surface area contributed by atoms with Gasteiger partial charge in [0.15, 0.2) is 0 Å². The number of amides is 2. The molecule has 0 radical (unpaired) electrons. The average Bonchev–Trinajstić information content (AvgIpc) is 3.04. The summed E-state index contributed by atoms with van der Waals surface area (Å²) in [5.41, 5.74) is 0.998. The predicted octanol–water partition coefficient (Wildman–Crippen LogP) is 2.64. The summed E-state index contributed by atoms with van der Waals surface area (Å²) in [6.07, 6.45) is 4.27. The van der Waals surface area contributed by atoms with E-state index in [1.165, 1.54) is 0 Å². The van der Waals surface area contributed by atoms with Crippen LogP contribution < -0.4 is 15.4 Å². The van der Waals surface area contributed by atoms with Crippen LogP contribution in [0.25, 0.3) is 0 Å². The van der Waals surface area contributed by atoms with Crippen molar-refractivity contribution in [2.24, 2.45) is 5.92 Å². The minimum absolute atomic E-state index is 0.00582. The van der Waals surface area contributed by atoms with E-state index in [-0.39, 0.29) is 42.3 Å². The first-order valence-electron chi connectivity index (χ1n) is 10.5. The van der Waals surface area contributed by atoms with Crippen LogP contribution in [0.2, 0.25) is 0 Å². The van der Waals surface area contributed by atoms with E-state index in [0.717, 1.165) is 43.5 Å². The van der Waals surface area contributed by atoms with Crippen LogP contribution in [0.1, 0.15) is 57.6 Å². The van der Waals surface area contributed by atoms with Crippen molar-refractivity contribution in [3.8, 4) is 5.75 Å². The third kappa shape index (κ3) is 4.49. The van der Waals surface area contributed by atoms with Crippen LogP contribution in [0.3, 0.4) is 0 Å². The topological polar surface area (TPSA) is 70.7 Å². The summed E-state index contributed by atoms with van der Waals surface area (Å²) in [6, 6.07) is 7.93. The number of rotatable bonds is 7. The Labute approximate surface area is 168 Å². The van der Waals surface area contributed by atoms with Crippen molar-refractivity contribution in [3.63, 3.8) is 0 Å². The first-order chi connectivity index (χ1) is 13.5. The van der Waals surface area contributed by atoms with Crippen LogP contribution in [0.15, 0.2) is 24.3 Å². The summed E-state index contributed by atoms with van der Waals surface area (Å²) >= 11 is 0. The molecule has 2 N–H and O–H groups in total. The number of hydrogen-bond acceptors (Lipinski definition) is 4. The largest absolute Gasteiger partial charge is 0.497 e. The van der Waals surface area contributed by atoms with E-state index in [1.54, 1.807) is 7.11 Å². The van der Waals surface area contributed by atoms with Crippen molar-refractivity contribution in [2.45, 2.75) is 64.1 Å². The molecule has 154 valence electrons. The van der Waals surface area contributed by atoms with Gasteiger partial charge in [0.2, 0.25) is 11.8 Å². The Kier molecular flexibility index (Phi) is 6.94. The van der Waals surface area contributed by atoms with Crippen molar-refractivity contribution >= 4 is 11.8 Å². The van der Waals surface area contributed by atoms with Crippen LogP contribution in [-0.4, -0.2) is 49.0 Å². The molecular weight excluding hydrogens is 354 g/mol. The molecule has 3 rings (SSSR count). The third-order valence-electron chi connectivity index (χ3n) is 6.07. The molecule has 6 heteroatoms. The van der Waals surface area contributed by atoms with E-state index >= 15 is 0 Å². The van der Waals surface area contributed by atoms with Crippen LogP contribution in [0.4, 0.5) is 0 Å². The summed E-state index contributed by atoms with van der Waals surface area (Å²) in [6.45, 7) is 5.91.